The Morgan fingerprint density at radius 1 is 1.22 bits per heavy atom. The van der Waals surface area contributed by atoms with E-state index in [9.17, 15) is 4.79 Å². The van der Waals surface area contributed by atoms with Gasteiger partial charge in [-0.15, -0.1) is 0 Å². The van der Waals surface area contributed by atoms with Crippen molar-refractivity contribution in [2.75, 3.05) is 13.1 Å². The lowest BCUT2D eigenvalue weighted by Gasteiger charge is -2.38. The second-order valence-electron chi connectivity index (χ2n) is 6.09. The molecule has 104 valence electrons. The van der Waals surface area contributed by atoms with E-state index >= 15 is 0 Å². The summed E-state index contributed by atoms with van der Waals surface area (Å²) in [4.78, 5) is 16.9. The maximum absolute atomic E-state index is 12.6. The van der Waals surface area contributed by atoms with E-state index in [0.29, 0.717) is 12.1 Å². The van der Waals surface area contributed by atoms with Crippen molar-refractivity contribution in [2.24, 2.45) is 5.73 Å². The van der Waals surface area contributed by atoms with Gasteiger partial charge in [0.2, 0.25) is 5.91 Å². The quantitative estimate of drug-likeness (QED) is 0.804. The van der Waals surface area contributed by atoms with E-state index in [-0.39, 0.29) is 18.0 Å². The third kappa shape index (κ3) is 2.69. The van der Waals surface area contributed by atoms with E-state index in [2.05, 4.69) is 25.7 Å². The van der Waals surface area contributed by atoms with Crippen LogP contribution in [-0.2, 0) is 4.79 Å². The van der Waals surface area contributed by atoms with Crippen LogP contribution in [0.5, 0.6) is 0 Å². The van der Waals surface area contributed by atoms with Crippen LogP contribution in [0.2, 0.25) is 0 Å². The van der Waals surface area contributed by atoms with E-state index < -0.39 is 0 Å². The zero-order chi connectivity index (χ0) is 13.3. The molecule has 2 rings (SSSR count). The molecule has 2 fully saturated rings. The number of rotatable bonds is 2. The predicted molar refractivity (Wildman–Crippen MR) is 73.2 cm³/mol. The second kappa shape index (κ2) is 5.57. The van der Waals surface area contributed by atoms with Gasteiger partial charge in [0, 0.05) is 31.2 Å². The number of nitrogens with zero attached hydrogens (tertiary/aromatic N) is 2. The Morgan fingerprint density at radius 3 is 2.39 bits per heavy atom. The number of hydrogen-bond acceptors (Lipinski definition) is 3. The highest BCUT2D eigenvalue weighted by atomic mass is 16.2. The number of amides is 1. The molecule has 1 amide bonds. The SMILES string of the molecule is CC1CCC(C)N1C(C)C(=O)N1CCCC(N)C1. The lowest BCUT2D eigenvalue weighted by molar-refractivity contribution is -0.138. The summed E-state index contributed by atoms with van der Waals surface area (Å²) in [5, 5.41) is 0. The van der Waals surface area contributed by atoms with Gasteiger partial charge in [-0.1, -0.05) is 0 Å². The fourth-order valence-corrected chi connectivity index (χ4v) is 3.58. The van der Waals surface area contributed by atoms with Crippen molar-refractivity contribution < 1.29 is 4.79 Å². The summed E-state index contributed by atoms with van der Waals surface area (Å²) in [5.74, 6) is 0.269. The Morgan fingerprint density at radius 2 is 1.83 bits per heavy atom. The molecular weight excluding hydrogens is 226 g/mol. The molecule has 4 heteroatoms. The number of hydrogen-bond donors (Lipinski definition) is 1. The first kappa shape index (κ1) is 13.8. The molecular formula is C14H27N3O. The largest absolute Gasteiger partial charge is 0.340 e. The Kier molecular flexibility index (Phi) is 4.28. The van der Waals surface area contributed by atoms with Gasteiger partial charge >= 0.3 is 0 Å². The zero-order valence-corrected chi connectivity index (χ0v) is 11.9. The second-order valence-corrected chi connectivity index (χ2v) is 6.09. The number of likely N-dealkylation sites (tertiary alicyclic amines) is 2. The van der Waals surface area contributed by atoms with Crippen LogP contribution < -0.4 is 5.73 Å². The van der Waals surface area contributed by atoms with Crippen LogP contribution in [0, 0.1) is 0 Å². The number of piperidine rings is 1. The fraction of sp³-hybridized carbons (Fsp3) is 0.929. The van der Waals surface area contributed by atoms with Crippen LogP contribution in [-0.4, -0.2) is 53.0 Å². The van der Waals surface area contributed by atoms with E-state index in [0.717, 1.165) is 25.9 Å². The molecule has 0 aromatic rings. The molecule has 4 nitrogen and oxygen atoms in total. The highest BCUT2D eigenvalue weighted by Crippen LogP contribution is 2.27. The molecule has 0 aliphatic carbocycles. The molecule has 0 saturated carbocycles. The van der Waals surface area contributed by atoms with Crippen molar-refractivity contribution in [1.82, 2.24) is 9.80 Å². The minimum atomic E-state index is 0.00259. The molecule has 0 aromatic carbocycles. The van der Waals surface area contributed by atoms with Crippen molar-refractivity contribution in [3.63, 3.8) is 0 Å². The number of nitrogens with two attached hydrogens (primary N) is 1. The molecule has 2 saturated heterocycles. The Balaban J connectivity index is 1.99. The highest BCUT2D eigenvalue weighted by molar-refractivity contribution is 5.81. The third-order valence-electron chi connectivity index (χ3n) is 4.59. The molecule has 2 aliphatic heterocycles. The summed E-state index contributed by atoms with van der Waals surface area (Å²) < 4.78 is 0. The molecule has 4 unspecified atom stereocenters. The number of carbonyl (C=O) groups excluding carboxylic acids is 1. The lowest BCUT2D eigenvalue weighted by Crippen LogP contribution is -2.54. The highest BCUT2D eigenvalue weighted by Gasteiger charge is 2.36. The first-order chi connectivity index (χ1) is 8.50. The molecule has 2 aliphatic rings. The molecule has 18 heavy (non-hydrogen) atoms. The maximum atomic E-state index is 12.6. The summed E-state index contributed by atoms with van der Waals surface area (Å²) in [6, 6.07) is 1.22. The average Bonchev–Trinajstić information content (AvgIpc) is 2.67. The topological polar surface area (TPSA) is 49.6 Å². The van der Waals surface area contributed by atoms with Crippen LogP contribution in [0.15, 0.2) is 0 Å². The molecule has 0 bridgehead atoms. The van der Waals surface area contributed by atoms with Crippen molar-refractivity contribution >= 4 is 5.91 Å². The van der Waals surface area contributed by atoms with Crippen molar-refractivity contribution in [3.05, 3.63) is 0 Å². The summed E-state index contributed by atoms with van der Waals surface area (Å²) in [6.45, 7) is 8.14. The van der Waals surface area contributed by atoms with Crippen LogP contribution in [0.4, 0.5) is 0 Å². The molecule has 2 heterocycles. The summed E-state index contributed by atoms with van der Waals surface area (Å²) in [5.41, 5.74) is 5.96. The molecule has 0 spiro atoms. The van der Waals surface area contributed by atoms with Gasteiger partial charge in [-0.2, -0.15) is 0 Å². The number of carbonyl (C=O) groups is 1. The van der Waals surface area contributed by atoms with Crippen LogP contribution in [0.1, 0.15) is 46.5 Å². The van der Waals surface area contributed by atoms with Crippen molar-refractivity contribution in [2.45, 2.75) is 70.6 Å². The van der Waals surface area contributed by atoms with Crippen molar-refractivity contribution in [1.29, 1.82) is 0 Å². The van der Waals surface area contributed by atoms with E-state index in [4.69, 9.17) is 5.73 Å². The Labute approximate surface area is 110 Å². The van der Waals surface area contributed by atoms with Crippen LogP contribution in [0.25, 0.3) is 0 Å². The minimum absolute atomic E-state index is 0.00259. The van der Waals surface area contributed by atoms with Gasteiger partial charge in [0.05, 0.1) is 6.04 Å². The van der Waals surface area contributed by atoms with Crippen LogP contribution in [0.3, 0.4) is 0 Å². The third-order valence-corrected chi connectivity index (χ3v) is 4.59. The van der Waals surface area contributed by atoms with Gasteiger partial charge in [-0.3, -0.25) is 9.69 Å². The lowest BCUT2D eigenvalue weighted by atomic mass is 10.1. The maximum Gasteiger partial charge on any atom is 0.239 e. The first-order valence-corrected chi connectivity index (χ1v) is 7.32. The monoisotopic (exact) mass is 253 g/mol. The molecule has 4 atom stereocenters. The summed E-state index contributed by atoms with van der Waals surface area (Å²) in [6.07, 6.45) is 4.51. The molecule has 0 radical (unpaired) electrons. The fourth-order valence-electron chi connectivity index (χ4n) is 3.58. The van der Waals surface area contributed by atoms with Gasteiger partial charge in [0.1, 0.15) is 0 Å². The standard InChI is InChI=1S/C14H27N3O/c1-10-6-7-11(2)17(10)12(3)14(18)16-8-4-5-13(15)9-16/h10-13H,4-9,15H2,1-3H3. The average molecular weight is 253 g/mol. The van der Waals surface area contributed by atoms with Crippen LogP contribution >= 0.6 is 0 Å². The van der Waals surface area contributed by atoms with Gasteiger partial charge < -0.3 is 10.6 Å². The van der Waals surface area contributed by atoms with Crippen molar-refractivity contribution in [3.8, 4) is 0 Å². The normalized spacial score (nSPS) is 35.8. The van der Waals surface area contributed by atoms with Gasteiger partial charge in [-0.25, -0.2) is 0 Å². The molecule has 2 N–H and O–H groups in total. The van der Waals surface area contributed by atoms with E-state index in [1.54, 1.807) is 0 Å². The van der Waals surface area contributed by atoms with Gasteiger partial charge in [-0.05, 0) is 46.5 Å². The Hall–Kier alpha value is -0.610. The van der Waals surface area contributed by atoms with E-state index in [1.807, 2.05) is 4.90 Å². The molecule has 0 aromatic heterocycles. The first-order valence-electron chi connectivity index (χ1n) is 7.32. The van der Waals surface area contributed by atoms with Gasteiger partial charge in [0.25, 0.3) is 0 Å². The van der Waals surface area contributed by atoms with E-state index in [1.165, 1.54) is 12.8 Å². The zero-order valence-electron chi connectivity index (χ0n) is 11.9. The predicted octanol–water partition coefficient (Wildman–Crippen LogP) is 1.20. The smallest absolute Gasteiger partial charge is 0.239 e. The Bertz CT molecular complexity index is 297. The van der Waals surface area contributed by atoms with Gasteiger partial charge in [0.15, 0.2) is 0 Å². The summed E-state index contributed by atoms with van der Waals surface area (Å²) in [7, 11) is 0. The minimum Gasteiger partial charge on any atom is -0.340 e. The summed E-state index contributed by atoms with van der Waals surface area (Å²) >= 11 is 0.